The van der Waals surface area contributed by atoms with Crippen LogP contribution in [0, 0.1) is 11.7 Å². The van der Waals surface area contributed by atoms with E-state index in [2.05, 4.69) is 0 Å². The molecule has 1 aromatic rings. The molecule has 3 rings (SSSR count). The first-order chi connectivity index (χ1) is 9.15. The summed E-state index contributed by atoms with van der Waals surface area (Å²) in [5, 5.41) is 0. The fraction of sp³-hybridized carbons (Fsp3) is 0.533. The highest BCUT2D eigenvalue weighted by molar-refractivity contribution is 5.83. The van der Waals surface area contributed by atoms with Gasteiger partial charge in [-0.3, -0.25) is 4.79 Å². The van der Waals surface area contributed by atoms with Crippen LogP contribution < -0.4 is 5.73 Å². The Hall–Kier alpha value is -1.42. The number of likely N-dealkylation sites (tertiary alicyclic amines) is 1. The Balaban J connectivity index is 1.62. The summed E-state index contributed by atoms with van der Waals surface area (Å²) in [6.07, 6.45) is 2.90. The summed E-state index contributed by atoms with van der Waals surface area (Å²) < 4.78 is 12.9. The zero-order chi connectivity index (χ0) is 13.4. The van der Waals surface area contributed by atoms with Crippen LogP contribution in [0.1, 0.15) is 30.7 Å². The number of carbonyl (C=O) groups excluding carboxylic acids is 1. The number of carbonyl (C=O) groups is 1. The van der Waals surface area contributed by atoms with Crippen molar-refractivity contribution < 1.29 is 9.18 Å². The number of rotatable bonds is 2. The summed E-state index contributed by atoms with van der Waals surface area (Å²) in [5.41, 5.74) is 6.98. The van der Waals surface area contributed by atoms with Crippen LogP contribution in [-0.4, -0.2) is 29.9 Å². The van der Waals surface area contributed by atoms with Gasteiger partial charge >= 0.3 is 0 Å². The quantitative estimate of drug-likeness (QED) is 0.884. The molecular weight excluding hydrogens is 243 g/mol. The summed E-state index contributed by atoms with van der Waals surface area (Å²) in [4.78, 5) is 14.3. The Bertz CT molecular complexity index is 474. The second-order valence-electron chi connectivity index (χ2n) is 5.69. The number of nitrogens with two attached hydrogens (primary N) is 1. The van der Waals surface area contributed by atoms with E-state index in [1.54, 1.807) is 12.1 Å². The highest BCUT2D eigenvalue weighted by Crippen LogP contribution is 2.48. The number of benzene rings is 1. The zero-order valence-electron chi connectivity index (χ0n) is 10.9. The highest BCUT2D eigenvalue weighted by Gasteiger charge is 2.46. The maximum atomic E-state index is 12.9. The van der Waals surface area contributed by atoms with Gasteiger partial charge in [0.05, 0.1) is 0 Å². The average molecular weight is 262 g/mol. The van der Waals surface area contributed by atoms with Crippen molar-refractivity contribution in [1.29, 1.82) is 0 Å². The van der Waals surface area contributed by atoms with Crippen molar-refractivity contribution >= 4 is 5.91 Å². The van der Waals surface area contributed by atoms with Crippen LogP contribution in [0.3, 0.4) is 0 Å². The third kappa shape index (κ3) is 2.63. The predicted molar refractivity (Wildman–Crippen MR) is 71.0 cm³/mol. The molecule has 2 fully saturated rings. The standard InChI is InChI=1S/C15H19FN2O/c16-11-5-3-10(4-6-11)13-8-14(13)15(19)18-7-1-2-12(17)9-18/h3-6,12-14H,1-2,7-9,17H2. The van der Waals surface area contributed by atoms with Crippen LogP contribution in [0.4, 0.5) is 4.39 Å². The summed E-state index contributed by atoms with van der Waals surface area (Å²) in [7, 11) is 0. The number of hydrogen-bond acceptors (Lipinski definition) is 2. The van der Waals surface area contributed by atoms with Gasteiger partial charge in [-0.05, 0) is 42.9 Å². The molecule has 1 heterocycles. The molecule has 3 unspecified atom stereocenters. The second kappa shape index (κ2) is 4.93. The van der Waals surface area contributed by atoms with Gasteiger partial charge in [-0.1, -0.05) is 12.1 Å². The lowest BCUT2D eigenvalue weighted by atomic mass is 10.0. The smallest absolute Gasteiger partial charge is 0.226 e. The number of nitrogens with zero attached hydrogens (tertiary/aromatic N) is 1. The highest BCUT2D eigenvalue weighted by atomic mass is 19.1. The molecular formula is C15H19FN2O. The van der Waals surface area contributed by atoms with Crippen LogP contribution in [0.5, 0.6) is 0 Å². The Morgan fingerprint density at radius 1 is 1.32 bits per heavy atom. The molecule has 1 aliphatic heterocycles. The van der Waals surface area contributed by atoms with Crippen molar-refractivity contribution in [3.63, 3.8) is 0 Å². The first kappa shape index (κ1) is 12.6. The predicted octanol–water partition coefficient (Wildman–Crippen LogP) is 1.88. The summed E-state index contributed by atoms with van der Waals surface area (Å²) in [6.45, 7) is 1.52. The molecule has 102 valence electrons. The number of piperidine rings is 1. The molecule has 1 saturated carbocycles. The number of halogens is 1. The van der Waals surface area contributed by atoms with E-state index in [0.717, 1.165) is 31.4 Å². The zero-order valence-corrected chi connectivity index (χ0v) is 10.9. The van der Waals surface area contributed by atoms with Gasteiger partial charge in [0, 0.05) is 25.0 Å². The van der Waals surface area contributed by atoms with E-state index < -0.39 is 0 Å². The minimum absolute atomic E-state index is 0.0794. The van der Waals surface area contributed by atoms with E-state index >= 15 is 0 Å². The molecule has 2 aliphatic rings. The van der Waals surface area contributed by atoms with Crippen molar-refractivity contribution in [3.8, 4) is 0 Å². The first-order valence-corrected chi connectivity index (χ1v) is 6.95. The van der Waals surface area contributed by atoms with Gasteiger partial charge < -0.3 is 10.6 Å². The topological polar surface area (TPSA) is 46.3 Å². The molecule has 1 saturated heterocycles. The molecule has 0 radical (unpaired) electrons. The van der Waals surface area contributed by atoms with Gasteiger partial charge in [-0.2, -0.15) is 0 Å². The van der Waals surface area contributed by atoms with Crippen molar-refractivity contribution in [3.05, 3.63) is 35.6 Å². The lowest BCUT2D eigenvalue weighted by Gasteiger charge is -2.31. The van der Waals surface area contributed by atoms with Crippen molar-refractivity contribution in [2.24, 2.45) is 11.7 Å². The lowest BCUT2D eigenvalue weighted by Crippen LogP contribution is -2.46. The first-order valence-electron chi connectivity index (χ1n) is 6.95. The molecule has 1 aliphatic carbocycles. The normalized spacial score (nSPS) is 30.2. The fourth-order valence-electron chi connectivity index (χ4n) is 2.99. The molecule has 3 nitrogen and oxygen atoms in total. The van der Waals surface area contributed by atoms with E-state index in [1.165, 1.54) is 12.1 Å². The fourth-order valence-corrected chi connectivity index (χ4v) is 2.99. The van der Waals surface area contributed by atoms with Crippen LogP contribution in [0.25, 0.3) is 0 Å². The molecule has 0 spiro atoms. The van der Waals surface area contributed by atoms with E-state index in [9.17, 15) is 9.18 Å². The molecule has 19 heavy (non-hydrogen) atoms. The molecule has 0 aromatic heterocycles. The molecule has 1 amide bonds. The van der Waals surface area contributed by atoms with Crippen molar-refractivity contribution in [1.82, 2.24) is 4.90 Å². The second-order valence-corrected chi connectivity index (χ2v) is 5.69. The van der Waals surface area contributed by atoms with Gasteiger partial charge in [0.15, 0.2) is 0 Å². The largest absolute Gasteiger partial charge is 0.341 e. The number of hydrogen-bond donors (Lipinski definition) is 1. The average Bonchev–Trinajstić information content (AvgIpc) is 3.19. The van der Waals surface area contributed by atoms with Crippen molar-refractivity contribution in [2.45, 2.75) is 31.2 Å². The van der Waals surface area contributed by atoms with Gasteiger partial charge in [-0.15, -0.1) is 0 Å². The summed E-state index contributed by atoms with van der Waals surface area (Å²) in [6, 6.07) is 6.63. The minimum Gasteiger partial charge on any atom is -0.341 e. The van der Waals surface area contributed by atoms with Crippen LogP contribution >= 0.6 is 0 Å². The van der Waals surface area contributed by atoms with Gasteiger partial charge in [0.1, 0.15) is 5.82 Å². The molecule has 4 heteroatoms. The summed E-state index contributed by atoms with van der Waals surface area (Å²) in [5.74, 6) is 0.348. The van der Waals surface area contributed by atoms with E-state index in [1.807, 2.05) is 4.90 Å². The molecule has 2 N–H and O–H groups in total. The maximum Gasteiger partial charge on any atom is 0.226 e. The lowest BCUT2D eigenvalue weighted by molar-refractivity contribution is -0.133. The maximum absolute atomic E-state index is 12.9. The minimum atomic E-state index is -0.228. The van der Waals surface area contributed by atoms with E-state index in [0.29, 0.717) is 6.54 Å². The van der Waals surface area contributed by atoms with Gasteiger partial charge in [0.25, 0.3) is 0 Å². The van der Waals surface area contributed by atoms with Crippen molar-refractivity contribution in [2.75, 3.05) is 13.1 Å². The van der Waals surface area contributed by atoms with E-state index in [-0.39, 0.29) is 29.6 Å². The van der Waals surface area contributed by atoms with E-state index in [4.69, 9.17) is 5.73 Å². The van der Waals surface area contributed by atoms with Gasteiger partial charge in [-0.25, -0.2) is 4.39 Å². The Morgan fingerprint density at radius 2 is 2.05 bits per heavy atom. The third-order valence-corrected chi connectivity index (χ3v) is 4.18. The number of amides is 1. The Morgan fingerprint density at radius 3 is 2.74 bits per heavy atom. The van der Waals surface area contributed by atoms with Crippen LogP contribution in [0.15, 0.2) is 24.3 Å². The third-order valence-electron chi connectivity index (χ3n) is 4.18. The summed E-state index contributed by atoms with van der Waals surface area (Å²) >= 11 is 0. The van der Waals surface area contributed by atoms with Crippen LogP contribution in [-0.2, 0) is 4.79 Å². The molecule has 3 atom stereocenters. The van der Waals surface area contributed by atoms with Crippen LogP contribution in [0.2, 0.25) is 0 Å². The monoisotopic (exact) mass is 262 g/mol. The van der Waals surface area contributed by atoms with Gasteiger partial charge in [0.2, 0.25) is 5.91 Å². The molecule has 0 bridgehead atoms. The Kier molecular flexibility index (Phi) is 3.27. The Labute approximate surface area is 112 Å². The SMILES string of the molecule is NC1CCCN(C(=O)C2CC2c2ccc(F)cc2)C1. The molecule has 1 aromatic carbocycles.